The number of pyridine rings is 1. The van der Waals surface area contributed by atoms with Gasteiger partial charge in [0.1, 0.15) is 0 Å². The molecule has 12 heavy (non-hydrogen) atoms. The Morgan fingerprint density at radius 2 is 2.25 bits per heavy atom. The van der Waals surface area contributed by atoms with Gasteiger partial charge in [-0.1, -0.05) is 6.07 Å². The van der Waals surface area contributed by atoms with E-state index in [1.165, 1.54) is 4.68 Å². The van der Waals surface area contributed by atoms with Crippen LogP contribution in [0.25, 0.3) is 5.82 Å². The molecule has 60 valence electrons. The summed E-state index contributed by atoms with van der Waals surface area (Å²) in [6.45, 7) is 0. The highest BCUT2D eigenvalue weighted by Gasteiger charge is 2.02. The highest BCUT2D eigenvalue weighted by molar-refractivity contribution is 7.80. The van der Waals surface area contributed by atoms with Gasteiger partial charge in [-0.15, -0.1) is 17.7 Å². The summed E-state index contributed by atoms with van der Waals surface area (Å²) >= 11 is 4.05. The number of rotatable bonds is 1. The molecule has 5 nitrogen and oxygen atoms in total. The summed E-state index contributed by atoms with van der Waals surface area (Å²) < 4.78 is 1.45. The first-order valence-corrected chi connectivity index (χ1v) is 3.71. The van der Waals surface area contributed by atoms with Crippen LogP contribution in [0.1, 0.15) is 0 Å². The van der Waals surface area contributed by atoms with Crippen LogP contribution in [0.15, 0.2) is 29.6 Å². The van der Waals surface area contributed by atoms with E-state index in [9.17, 15) is 0 Å². The van der Waals surface area contributed by atoms with Gasteiger partial charge in [0.15, 0.2) is 5.82 Å². The van der Waals surface area contributed by atoms with Crippen LogP contribution in [0.2, 0.25) is 0 Å². The molecule has 2 aromatic heterocycles. The molecule has 0 saturated heterocycles. The van der Waals surface area contributed by atoms with Crippen molar-refractivity contribution in [1.82, 2.24) is 25.2 Å². The molecule has 0 saturated carbocycles. The molecule has 0 fully saturated rings. The molecule has 0 spiro atoms. The third kappa shape index (κ3) is 1.16. The van der Waals surface area contributed by atoms with Gasteiger partial charge in [0.2, 0.25) is 5.16 Å². The Morgan fingerprint density at radius 3 is 2.83 bits per heavy atom. The number of thiol groups is 1. The number of tetrazole rings is 1. The van der Waals surface area contributed by atoms with Crippen molar-refractivity contribution in [1.29, 1.82) is 0 Å². The fourth-order valence-electron chi connectivity index (χ4n) is 0.810. The minimum absolute atomic E-state index is 0.425. The first-order chi connectivity index (χ1) is 5.88. The van der Waals surface area contributed by atoms with Crippen molar-refractivity contribution in [3.63, 3.8) is 0 Å². The first-order valence-electron chi connectivity index (χ1n) is 3.26. The SMILES string of the molecule is Sc1nnnn1-c1ccccn1. The zero-order valence-electron chi connectivity index (χ0n) is 5.99. The molecule has 0 bridgehead atoms. The first kappa shape index (κ1) is 7.23. The van der Waals surface area contributed by atoms with E-state index in [1.807, 2.05) is 12.1 Å². The number of aromatic nitrogens is 5. The van der Waals surface area contributed by atoms with Crippen molar-refractivity contribution < 1.29 is 0 Å². The molecule has 2 rings (SSSR count). The lowest BCUT2D eigenvalue weighted by molar-refractivity contribution is 0.737. The van der Waals surface area contributed by atoms with Crippen molar-refractivity contribution in [3.05, 3.63) is 24.4 Å². The summed E-state index contributed by atoms with van der Waals surface area (Å²) in [5.74, 6) is 0.660. The molecule has 0 aliphatic rings. The quantitative estimate of drug-likeness (QED) is 0.641. The minimum Gasteiger partial charge on any atom is -0.237 e. The summed E-state index contributed by atoms with van der Waals surface area (Å²) in [6, 6.07) is 5.49. The summed E-state index contributed by atoms with van der Waals surface area (Å²) in [5, 5.41) is 11.2. The van der Waals surface area contributed by atoms with E-state index in [0.717, 1.165) is 0 Å². The third-order valence-electron chi connectivity index (χ3n) is 1.32. The van der Waals surface area contributed by atoms with Crippen molar-refractivity contribution in [3.8, 4) is 5.82 Å². The highest BCUT2D eigenvalue weighted by Crippen LogP contribution is 2.05. The van der Waals surface area contributed by atoms with Crippen LogP contribution in [0, 0.1) is 0 Å². The maximum Gasteiger partial charge on any atom is 0.212 e. The van der Waals surface area contributed by atoms with Crippen molar-refractivity contribution in [2.75, 3.05) is 0 Å². The number of hydrogen-bond acceptors (Lipinski definition) is 5. The average molecular weight is 179 g/mol. The van der Waals surface area contributed by atoms with Crippen LogP contribution in [0.4, 0.5) is 0 Å². The third-order valence-corrected chi connectivity index (χ3v) is 1.60. The Hall–Kier alpha value is -1.43. The molecule has 0 aromatic carbocycles. The van der Waals surface area contributed by atoms with E-state index in [-0.39, 0.29) is 0 Å². The lowest BCUT2D eigenvalue weighted by Crippen LogP contribution is -1.99. The van der Waals surface area contributed by atoms with Gasteiger partial charge in [-0.2, -0.15) is 4.68 Å². The summed E-state index contributed by atoms with van der Waals surface area (Å²) in [5.41, 5.74) is 0. The van der Waals surface area contributed by atoms with Crippen molar-refractivity contribution in [2.24, 2.45) is 0 Å². The lowest BCUT2D eigenvalue weighted by atomic mass is 10.5. The van der Waals surface area contributed by atoms with Crippen LogP contribution >= 0.6 is 12.6 Å². The molecule has 0 amide bonds. The monoisotopic (exact) mass is 179 g/mol. The normalized spacial score (nSPS) is 10.1. The average Bonchev–Trinajstić information content (AvgIpc) is 2.53. The molecule has 6 heteroatoms. The Morgan fingerprint density at radius 1 is 1.33 bits per heavy atom. The predicted octanol–water partition coefficient (Wildman–Crippen LogP) is 0.346. The van der Waals surface area contributed by atoms with E-state index in [2.05, 4.69) is 33.1 Å². The van der Waals surface area contributed by atoms with E-state index in [4.69, 9.17) is 0 Å². The molecule has 0 aliphatic carbocycles. The Bertz CT molecular complexity index is 370. The van der Waals surface area contributed by atoms with E-state index in [1.54, 1.807) is 12.3 Å². The fourth-order valence-corrected chi connectivity index (χ4v) is 0.992. The molecule has 0 aliphatic heterocycles. The summed E-state index contributed by atoms with van der Waals surface area (Å²) in [7, 11) is 0. The lowest BCUT2D eigenvalue weighted by Gasteiger charge is -1.96. The Balaban J connectivity index is 2.51. The molecular formula is C6H5N5S. The zero-order valence-corrected chi connectivity index (χ0v) is 6.89. The maximum absolute atomic E-state index is 4.05. The van der Waals surface area contributed by atoms with E-state index >= 15 is 0 Å². The molecule has 0 radical (unpaired) electrons. The maximum atomic E-state index is 4.05. The Kier molecular flexibility index (Phi) is 1.75. The molecule has 0 atom stereocenters. The molecule has 0 unspecified atom stereocenters. The Labute approximate surface area is 73.8 Å². The van der Waals surface area contributed by atoms with Crippen LogP contribution in [-0.4, -0.2) is 25.2 Å². The fraction of sp³-hybridized carbons (Fsp3) is 0. The second kappa shape index (κ2) is 2.90. The van der Waals surface area contributed by atoms with Crippen LogP contribution in [-0.2, 0) is 0 Å². The molecule has 2 aromatic rings. The van der Waals surface area contributed by atoms with Crippen molar-refractivity contribution >= 4 is 12.6 Å². The van der Waals surface area contributed by atoms with E-state index < -0.39 is 0 Å². The van der Waals surface area contributed by atoms with Gasteiger partial charge < -0.3 is 0 Å². The largest absolute Gasteiger partial charge is 0.237 e. The second-order valence-electron chi connectivity index (χ2n) is 2.08. The van der Waals surface area contributed by atoms with Gasteiger partial charge in [0.05, 0.1) is 0 Å². The van der Waals surface area contributed by atoms with Crippen LogP contribution in [0.3, 0.4) is 0 Å². The summed E-state index contributed by atoms with van der Waals surface area (Å²) in [6.07, 6.45) is 1.67. The van der Waals surface area contributed by atoms with Crippen molar-refractivity contribution in [2.45, 2.75) is 5.16 Å². The van der Waals surface area contributed by atoms with Gasteiger partial charge in [-0.05, 0) is 22.6 Å². The molecule has 2 heterocycles. The second-order valence-corrected chi connectivity index (χ2v) is 2.48. The molecule has 0 N–H and O–H groups in total. The smallest absolute Gasteiger partial charge is 0.212 e. The van der Waals surface area contributed by atoms with Crippen LogP contribution in [0.5, 0.6) is 0 Å². The summed E-state index contributed by atoms with van der Waals surface area (Å²) in [4.78, 5) is 4.05. The van der Waals surface area contributed by atoms with Gasteiger partial charge in [0.25, 0.3) is 0 Å². The molecular weight excluding hydrogens is 174 g/mol. The van der Waals surface area contributed by atoms with Gasteiger partial charge in [-0.25, -0.2) is 4.98 Å². The highest BCUT2D eigenvalue weighted by atomic mass is 32.1. The minimum atomic E-state index is 0.425. The van der Waals surface area contributed by atoms with Gasteiger partial charge in [-0.3, -0.25) is 0 Å². The van der Waals surface area contributed by atoms with E-state index in [0.29, 0.717) is 11.0 Å². The van der Waals surface area contributed by atoms with Gasteiger partial charge in [0, 0.05) is 6.20 Å². The van der Waals surface area contributed by atoms with Gasteiger partial charge >= 0.3 is 0 Å². The number of hydrogen-bond donors (Lipinski definition) is 1. The zero-order chi connectivity index (χ0) is 8.39. The topological polar surface area (TPSA) is 56.5 Å². The number of nitrogens with zero attached hydrogens (tertiary/aromatic N) is 5. The predicted molar refractivity (Wildman–Crippen MR) is 44.2 cm³/mol. The standard InChI is InChI=1S/C6H5N5S/c12-6-8-9-10-11(6)5-3-1-2-4-7-5/h1-4H,(H,8,10,12). The van der Waals surface area contributed by atoms with Crippen LogP contribution < -0.4 is 0 Å².